The topological polar surface area (TPSA) is 110 Å². The molecule has 43 heavy (non-hydrogen) atoms. The summed E-state index contributed by atoms with van der Waals surface area (Å²) in [5.74, 6) is -1.77. The summed E-state index contributed by atoms with van der Waals surface area (Å²) in [6, 6.07) is 2.99. The van der Waals surface area contributed by atoms with Crippen molar-refractivity contribution in [2.24, 2.45) is 5.92 Å². The number of ether oxygens (including phenoxy) is 1. The maximum absolute atomic E-state index is 16.6. The molecule has 3 aliphatic rings. The number of thiazole rings is 1. The summed E-state index contributed by atoms with van der Waals surface area (Å²) in [4.78, 5) is 14.7. The number of nitrogens with zero attached hydrogens (tertiary/aromatic N) is 5. The average molecular weight is 640 g/mol. The molecule has 3 saturated heterocycles. The predicted octanol–water partition coefficient (Wildman–Crippen LogP) is 4.33. The predicted molar refractivity (Wildman–Crippen MR) is 154 cm³/mol. The molecular formula is C27H26F5N7O2S2. The fraction of sp³-hybridized carbons (Fsp3) is 0.444. The molecule has 3 aliphatic heterocycles. The Morgan fingerprint density at radius 3 is 2.49 bits per heavy atom. The van der Waals surface area contributed by atoms with Gasteiger partial charge in [0.15, 0.2) is 10.9 Å². The van der Waals surface area contributed by atoms with Crippen LogP contribution in [0, 0.1) is 17.6 Å². The van der Waals surface area contributed by atoms with Gasteiger partial charge < -0.3 is 20.7 Å². The first-order chi connectivity index (χ1) is 20.5. The monoisotopic (exact) mass is 639 g/mol. The second-order valence-corrected chi connectivity index (χ2v) is 13.5. The smallest absolute Gasteiger partial charge is 0.417 e. The molecule has 3 fully saturated rings. The van der Waals surface area contributed by atoms with E-state index in [9.17, 15) is 21.8 Å². The Morgan fingerprint density at radius 2 is 1.81 bits per heavy atom. The minimum absolute atomic E-state index is 0.0392. The largest absolute Gasteiger partial charge is 0.463 e. The highest BCUT2D eigenvalue weighted by molar-refractivity contribution is 7.81. The number of anilines is 2. The molecule has 0 amide bonds. The van der Waals surface area contributed by atoms with E-state index in [0.29, 0.717) is 26.2 Å². The van der Waals surface area contributed by atoms with Gasteiger partial charge in [-0.15, -0.1) is 0 Å². The van der Waals surface area contributed by atoms with Gasteiger partial charge in [0.05, 0.1) is 33.4 Å². The first-order valence-corrected chi connectivity index (χ1v) is 16.0. The third-order valence-electron chi connectivity index (χ3n) is 8.23. The van der Waals surface area contributed by atoms with Crippen LogP contribution < -0.4 is 20.7 Å². The van der Waals surface area contributed by atoms with Crippen LogP contribution in [-0.4, -0.2) is 74.6 Å². The number of halogens is 5. The van der Waals surface area contributed by atoms with Crippen LogP contribution in [-0.2, 0) is 17.2 Å². The van der Waals surface area contributed by atoms with Crippen LogP contribution in [0.1, 0.15) is 18.4 Å². The van der Waals surface area contributed by atoms with E-state index in [1.54, 1.807) is 10.6 Å². The molecule has 3 N–H and O–H groups in total. The summed E-state index contributed by atoms with van der Waals surface area (Å²) in [6.45, 7) is 2.19. The average Bonchev–Trinajstić information content (AvgIpc) is 3.48. The third-order valence-corrected chi connectivity index (χ3v) is 10.1. The fourth-order valence-electron chi connectivity index (χ4n) is 6.18. The van der Waals surface area contributed by atoms with E-state index in [0.717, 1.165) is 42.4 Å². The number of aromatic nitrogens is 3. The first kappa shape index (κ1) is 28.6. The highest BCUT2D eigenvalue weighted by Gasteiger charge is 2.40. The van der Waals surface area contributed by atoms with E-state index >= 15 is 4.39 Å². The molecule has 5 heterocycles. The summed E-state index contributed by atoms with van der Waals surface area (Å²) in [5.41, 5.74) is 2.95. The third kappa shape index (κ3) is 5.07. The molecule has 3 atom stereocenters. The summed E-state index contributed by atoms with van der Waals surface area (Å²) in [5, 5.41) is 3.31. The zero-order valence-corrected chi connectivity index (χ0v) is 24.4. The molecule has 2 bridgehead atoms. The molecule has 16 heteroatoms. The number of rotatable bonds is 6. The lowest BCUT2D eigenvalue weighted by Gasteiger charge is -2.36. The quantitative estimate of drug-likeness (QED) is 0.300. The van der Waals surface area contributed by atoms with E-state index in [2.05, 4.69) is 20.3 Å². The number of fused-ring (bicyclic) bond motifs is 4. The Hall–Kier alpha value is -3.21. The summed E-state index contributed by atoms with van der Waals surface area (Å²) < 4.78 is 94.4. The van der Waals surface area contributed by atoms with E-state index in [1.807, 2.05) is 4.90 Å². The van der Waals surface area contributed by atoms with Crippen LogP contribution in [0.2, 0.25) is 0 Å². The summed E-state index contributed by atoms with van der Waals surface area (Å²) >= 11 is 0.766. The first-order valence-electron chi connectivity index (χ1n) is 13.6. The van der Waals surface area contributed by atoms with Crippen LogP contribution in [0.4, 0.5) is 32.9 Å². The molecule has 9 nitrogen and oxygen atoms in total. The van der Waals surface area contributed by atoms with Crippen LogP contribution in [0.3, 0.4) is 0 Å². The molecule has 7 rings (SSSR count). The number of alkyl halides is 3. The number of nitrogens with two attached hydrogens (primary N) is 1. The van der Waals surface area contributed by atoms with E-state index in [-0.39, 0.29) is 68.3 Å². The van der Waals surface area contributed by atoms with E-state index in [4.69, 9.17) is 10.5 Å². The van der Waals surface area contributed by atoms with Gasteiger partial charge in [0, 0.05) is 66.9 Å². The van der Waals surface area contributed by atoms with Crippen molar-refractivity contribution in [1.29, 1.82) is 0 Å². The van der Waals surface area contributed by atoms with Crippen molar-refractivity contribution < 1.29 is 30.9 Å². The SMILES string of the molecule is CS(=O)N1CC(COc2nc(N3CC4CCC(C3)N4)c3cc(C(F)(F)F)c(-c4ccc(F)c5sc(N)nc45)c(F)c3n2)C1. The minimum Gasteiger partial charge on any atom is -0.463 e. The number of hydrogen-bond donors (Lipinski definition) is 2. The Bertz CT molecular complexity index is 1770. The lowest BCUT2D eigenvalue weighted by atomic mass is 9.95. The summed E-state index contributed by atoms with van der Waals surface area (Å²) in [6.07, 6.45) is -1.57. The molecule has 0 spiro atoms. The minimum atomic E-state index is -4.98. The van der Waals surface area contributed by atoms with Crippen molar-refractivity contribution in [1.82, 2.24) is 24.6 Å². The van der Waals surface area contributed by atoms with Crippen LogP contribution in [0.5, 0.6) is 6.01 Å². The van der Waals surface area contributed by atoms with Crippen molar-refractivity contribution in [3.05, 3.63) is 35.4 Å². The maximum Gasteiger partial charge on any atom is 0.417 e. The van der Waals surface area contributed by atoms with Crippen molar-refractivity contribution in [2.45, 2.75) is 31.1 Å². The van der Waals surface area contributed by atoms with Gasteiger partial charge in [-0.25, -0.2) is 22.3 Å². The molecule has 2 aromatic heterocycles. The number of benzene rings is 2. The van der Waals surface area contributed by atoms with E-state index < -0.39 is 39.9 Å². The number of piperazine rings is 1. The zero-order valence-electron chi connectivity index (χ0n) is 22.8. The molecule has 228 valence electrons. The standard InChI is InChI=1S/C27H26F5N7O2S2/c1-43(40)39-7-12(8-39)11-41-26-36-21-16(24(37-26)38-9-13-2-3-14(10-38)34-13)6-17(27(30,31)32)19(20(21)29)15-4-5-18(28)23-22(15)35-25(33)42-23/h4-6,12-14,34H,2-3,7-11H2,1H3,(H2,33,35). The Morgan fingerprint density at radius 1 is 1.09 bits per heavy atom. The maximum atomic E-state index is 16.6. The van der Waals surface area contributed by atoms with Crippen LogP contribution >= 0.6 is 11.3 Å². The molecule has 2 aromatic carbocycles. The van der Waals surface area contributed by atoms with Gasteiger partial charge >= 0.3 is 12.2 Å². The van der Waals surface area contributed by atoms with Gasteiger partial charge in [0.1, 0.15) is 17.2 Å². The second-order valence-electron chi connectivity index (χ2n) is 11.2. The zero-order chi connectivity index (χ0) is 30.2. The molecule has 4 aromatic rings. The van der Waals surface area contributed by atoms with Crippen molar-refractivity contribution in [2.75, 3.05) is 49.7 Å². The van der Waals surface area contributed by atoms with Crippen LogP contribution in [0.25, 0.3) is 32.2 Å². The van der Waals surface area contributed by atoms with Gasteiger partial charge in [-0.2, -0.15) is 23.1 Å². The van der Waals surface area contributed by atoms with Gasteiger partial charge in [-0.05, 0) is 31.0 Å². The fourth-order valence-corrected chi connectivity index (χ4v) is 7.78. The van der Waals surface area contributed by atoms with Crippen LogP contribution in [0.15, 0.2) is 18.2 Å². The van der Waals surface area contributed by atoms with Crippen molar-refractivity contribution in [3.63, 3.8) is 0 Å². The Labute approximate surface area is 248 Å². The molecule has 0 saturated carbocycles. The van der Waals surface area contributed by atoms with Gasteiger partial charge in [0.25, 0.3) is 0 Å². The number of hydrogen-bond acceptors (Lipinski definition) is 9. The Kier molecular flexibility index (Phi) is 6.94. The molecule has 0 radical (unpaired) electrons. The number of nitrogens with one attached hydrogen (secondary N) is 1. The summed E-state index contributed by atoms with van der Waals surface area (Å²) in [7, 11) is -1.11. The van der Waals surface area contributed by atoms with Crippen molar-refractivity contribution in [3.8, 4) is 17.1 Å². The molecule has 3 unspecified atom stereocenters. The second kappa shape index (κ2) is 10.5. The lowest BCUT2D eigenvalue weighted by Crippen LogP contribution is -2.51. The molecular weight excluding hydrogens is 613 g/mol. The van der Waals surface area contributed by atoms with Gasteiger partial charge in [0.2, 0.25) is 0 Å². The van der Waals surface area contributed by atoms with Gasteiger partial charge in [-0.1, -0.05) is 11.3 Å². The van der Waals surface area contributed by atoms with Gasteiger partial charge in [-0.3, -0.25) is 0 Å². The lowest BCUT2D eigenvalue weighted by molar-refractivity contribution is -0.137. The number of nitrogen functional groups attached to an aromatic ring is 1. The molecule has 0 aliphatic carbocycles. The Balaban J connectivity index is 1.40. The highest BCUT2D eigenvalue weighted by Crippen LogP contribution is 2.46. The highest BCUT2D eigenvalue weighted by atomic mass is 32.2. The van der Waals surface area contributed by atoms with E-state index in [1.165, 1.54) is 0 Å². The normalized spacial score (nSPS) is 22.0. The van der Waals surface area contributed by atoms with Crippen molar-refractivity contribution >= 4 is 54.4 Å².